The number of ether oxygens (including phenoxy) is 2. The Bertz CT molecular complexity index is 1470. The summed E-state index contributed by atoms with van der Waals surface area (Å²) in [6, 6.07) is 7.33. The summed E-state index contributed by atoms with van der Waals surface area (Å²) < 4.78 is 17.2. The molecule has 0 radical (unpaired) electrons. The van der Waals surface area contributed by atoms with Crippen LogP contribution in [0.5, 0.6) is 5.75 Å². The highest BCUT2D eigenvalue weighted by Crippen LogP contribution is 2.43. The van der Waals surface area contributed by atoms with E-state index in [2.05, 4.69) is 20.5 Å². The minimum atomic E-state index is -0.925. The van der Waals surface area contributed by atoms with Gasteiger partial charge in [-0.2, -0.15) is 4.98 Å². The van der Waals surface area contributed by atoms with Crippen LogP contribution in [-0.2, 0) is 9.53 Å². The topological polar surface area (TPSA) is 122 Å². The van der Waals surface area contributed by atoms with Crippen LogP contribution in [0.15, 0.2) is 34.9 Å². The van der Waals surface area contributed by atoms with E-state index in [1.54, 1.807) is 20.1 Å². The van der Waals surface area contributed by atoms with Crippen LogP contribution in [0.2, 0.25) is 0 Å². The van der Waals surface area contributed by atoms with Crippen molar-refractivity contribution in [2.24, 2.45) is 5.41 Å². The molecule has 2 fully saturated rings. The van der Waals surface area contributed by atoms with Gasteiger partial charge in [0.1, 0.15) is 16.9 Å². The number of likely N-dealkylation sites (tertiary alicyclic amines) is 1. The largest absolute Gasteiger partial charge is 0.476 e. The third-order valence-electron chi connectivity index (χ3n) is 7.90. The molecule has 11 heteroatoms. The summed E-state index contributed by atoms with van der Waals surface area (Å²) in [5, 5.41) is 6.19. The summed E-state index contributed by atoms with van der Waals surface area (Å²) in [6.07, 6.45) is 4.27. The van der Waals surface area contributed by atoms with E-state index in [0.717, 1.165) is 56.9 Å². The van der Waals surface area contributed by atoms with Crippen LogP contribution in [0.1, 0.15) is 53.9 Å². The van der Waals surface area contributed by atoms with Gasteiger partial charge in [0.25, 0.3) is 5.91 Å². The van der Waals surface area contributed by atoms with Crippen LogP contribution in [-0.4, -0.2) is 64.2 Å². The first-order chi connectivity index (χ1) is 18.9. The van der Waals surface area contributed by atoms with E-state index in [1.165, 1.54) is 0 Å². The maximum absolute atomic E-state index is 12.6. The van der Waals surface area contributed by atoms with Gasteiger partial charge in [-0.3, -0.25) is 4.79 Å². The van der Waals surface area contributed by atoms with Crippen LogP contribution >= 0.6 is 0 Å². The number of furan rings is 1. The van der Waals surface area contributed by atoms with Gasteiger partial charge in [-0.1, -0.05) is 0 Å². The Morgan fingerprint density at radius 1 is 1.10 bits per heavy atom. The summed E-state index contributed by atoms with van der Waals surface area (Å²) in [4.78, 5) is 38.6. The Balaban J connectivity index is 1.17. The van der Waals surface area contributed by atoms with Crippen molar-refractivity contribution < 1.29 is 23.5 Å². The van der Waals surface area contributed by atoms with Crippen LogP contribution in [0, 0.1) is 5.41 Å². The lowest BCUT2D eigenvalue weighted by molar-refractivity contribution is -0.129. The molecule has 0 unspecified atom stereocenters. The molecule has 2 aromatic heterocycles. The summed E-state index contributed by atoms with van der Waals surface area (Å²) in [5.41, 5.74) is 1.35. The molecule has 2 amide bonds. The second-order valence-corrected chi connectivity index (χ2v) is 12.5. The van der Waals surface area contributed by atoms with Crippen LogP contribution in [0.25, 0.3) is 11.1 Å². The Kier molecular flexibility index (Phi) is 6.08. The van der Waals surface area contributed by atoms with Gasteiger partial charge in [-0.15, -0.1) is 0 Å². The molecule has 6 rings (SSSR count). The average molecular weight is 549 g/mol. The molecule has 0 aliphatic carbocycles. The first kappa shape index (κ1) is 26.2. The van der Waals surface area contributed by atoms with Crippen LogP contribution in [0.3, 0.4) is 0 Å². The molecule has 11 nitrogen and oxygen atoms in total. The fraction of sp³-hybridized carbons (Fsp3) is 0.517. The van der Waals surface area contributed by atoms with Gasteiger partial charge in [-0.25, -0.2) is 9.78 Å². The Morgan fingerprint density at radius 3 is 2.60 bits per heavy atom. The third kappa shape index (κ3) is 5.00. The number of rotatable bonds is 3. The van der Waals surface area contributed by atoms with E-state index in [9.17, 15) is 9.59 Å². The molecular formula is C29H36N6O5. The van der Waals surface area contributed by atoms with Crippen molar-refractivity contribution in [1.82, 2.24) is 14.9 Å². The molecule has 0 saturated carbocycles. The Morgan fingerprint density at radius 2 is 1.85 bits per heavy atom. The summed E-state index contributed by atoms with van der Waals surface area (Å²) in [7, 11) is 0. The number of piperidine rings is 1. The minimum absolute atomic E-state index is 0.0913. The van der Waals surface area contributed by atoms with Gasteiger partial charge in [-0.05, 0) is 77.5 Å². The highest BCUT2D eigenvalue weighted by Gasteiger charge is 2.43. The second-order valence-electron chi connectivity index (χ2n) is 12.5. The van der Waals surface area contributed by atoms with Crippen molar-refractivity contribution in [2.45, 2.75) is 65.1 Å². The van der Waals surface area contributed by atoms with Gasteiger partial charge in [0, 0.05) is 37.9 Å². The third-order valence-corrected chi connectivity index (χ3v) is 7.90. The van der Waals surface area contributed by atoms with E-state index >= 15 is 0 Å². The number of amides is 2. The van der Waals surface area contributed by atoms with Gasteiger partial charge in [0.2, 0.25) is 5.95 Å². The summed E-state index contributed by atoms with van der Waals surface area (Å²) >= 11 is 0. The predicted molar refractivity (Wildman–Crippen MR) is 151 cm³/mol. The van der Waals surface area contributed by atoms with Crippen molar-refractivity contribution in [3.8, 4) is 5.75 Å². The molecule has 1 spiro atoms. The fourth-order valence-electron chi connectivity index (χ4n) is 5.65. The number of carbonyl (C=O) groups excluding carboxylic acids is 2. The van der Waals surface area contributed by atoms with E-state index < -0.39 is 11.2 Å². The number of carbonyl (C=O) groups is 2. The number of hydrogen-bond acceptors (Lipinski definition) is 9. The molecule has 3 aliphatic rings. The first-order valence-electron chi connectivity index (χ1n) is 13.8. The minimum Gasteiger partial charge on any atom is -0.476 e. The van der Waals surface area contributed by atoms with Gasteiger partial charge in [0.05, 0.1) is 12.0 Å². The van der Waals surface area contributed by atoms with E-state index in [4.69, 9.17) is 18.9 Å². The molecule has 40 heavy (non-hydrogen) atoms. The number of nitrogens with zero attached hydrogens (tertiary/aromatic N) is 4. The summed E-state index contributed by atoms with van der Waals surface area (Å²) in [6.45, 7) is 12.2. The lowest BCUT2D eigenvalue weighted by Gasteiger charge is -2.39. The zero-order valence-electron chi connectivity index (χ0n) is 23.7. The molecule has 5 heterocycles. The molecule has 0 atom stereocenters. The molecule has 0 bridgehead atoms. The molecule has 3 aliphatic heterocycles. The van der Waals surface area contributed by atoms with Gasteiger partial charge in [0.15, 0.2) is 17.0 Å². The smallest absolute Gasteiger partial charge is 0.410 e. The molecule has 212 valence electrons. The number of fused-ring (bicyclic) bond motifs is 2. The second kappa shape index (κ2) is 9.28. The van der Waals surface area contributed by atoms with Crippen LogP contribution in [0.4, 0.5) is 27.9 Å². The lowest BCUT2D eigenvalue weighted by Crippen LogP contribution is -2.45. The number of benzene rings is 1. The average Bonchev–Trinajstić information content (AvgIpc) is 3.52. The quantitative estimate of drug-likeness (QED) is 0.449. The normalized spacial score (nSPS) is 19.8. The van der Waals surface area contributed by atoms with E-state index in [1.807, 2.05) is 49.9 Å². The molecule has 3 aromatic rings. The van der Waals surface area contributed by atoms with E-state index in [-0.39, 0.29) is 17.4 Å². The van der Waals surface area contributed by atoms with Crippen molar-refractivity contribution >= 4 is 46.2 Å². The molecule has 2 saturated heterocycles. The molecule has 1 aromatic carbocycles. The van der Waals surface area contributed by atoms with Gasteiger partial charge >= 0.3 is 6.09 Å². The van der Waals surface area contributed by atoms with Crippen molar-refractivity contribution in [1.29, 1.82) is 0 Å². The first-order valence-corrected chi connectivity index (χ1v) is 13.8. The zero-order chi connectivity index (χ0) is 28.3. The highest BCUT2D eigenvalue weighted by molar-refractivity contribution is 6.00. The monoisotopic (exact) mass is 548 g/mol. The number of anilines is 4. The summed E-state index contributed by atoms with van der Waals surface area (Å²) in [5.74, 6) is 1.59. The number of aromatic nitrogens is 2. The Hall–Kier alpha value is -4.02. The molecular weight excluding hydrogens is 512 g/mol. The highest BCUT2D eigenvalue weighted by atomic mass is 16.6. The van der Waals surface area contributed by atoms with Crippen LogP contribution < -0.4 is 20.3 Å². The van der Waals surface area contributed by atoms with E-state index in [0.29, 0.717) is 28.5 Å². The SMILES string of the molecule is CC(C)(C)OC(=O)N1CCC2(CCN(c3nc(Nc4ccc5c(c4)NC(=O)C(C)(C)O5)nc4ccoc34)CC2)C1. The maximum atomic E-state index is 12.6. The fourth-order valence-corrected chi connectivity index (χ4v) is 5.65. The Labute approximate surface area is 233 Å². The number of hydrogen-bond donors (Lipinski definition) is 2. The molecule has 2 N–H and O–H groups in total. The van der Waals surface area contributed by atoms with Crippen molar-refractivity contribution in [3.63, 3.8) is 0 Å². The standard InChI is InChI=1S/C29H36N6O5/c1-27(2,3)40-26(37)35-14-11-29(17-35)9-12-34(13-10-29)23-22-19(8-15-38-22)32-25(33-23)30-18-6-7-21-20(16-18)31-24(36)28(4,5)39-21/h6-8,15-16H,9-14,17H2,1-5H3,(H,31,36)(H,30,32,33). The zero-order valence-corrected chi connectivity index (χ0v) is 23.7. The van der Waals surface area contributed by atoms with Gasteiger partial charge < -0.3 is 34.3 Å². The predicted octanol–water partition coefficient (Wildman–Crippen LogP) is 5.30. The van der Waals surface area contributed by atoms with Crippen molar-refractivity contribution in [2.75, 3.05) is 41.7 Å². The lowest BCUT2D eigenvalue weighted by atomic mass is 9.78. The van der Waals surface area contributed by atoms with Crippen molar-refractivity contribution in [3.05, 3.63) is 30.5 Å². The maximum Gasteiger partial charge on any atom is 0.410 e. The number of nitrogens with one attached hydrogen (secondary N) is 2.